The van der Waals surface area contributed by atoms with Crippen LogP contribution in [0.25, 0.3) is 0 Å². The van der Waals surface area contributed by atoms with Gasteiger partial charge in [0.05, 0.1) is 18.0 Å². The number of piperazine rings is 1. The van der Waals surface area contributed by atoms with E-state index in [1.165, 1.54) is 13.0 Å². The normalized spacial score (nSPS) is 19.0. The molecule has 0 N–H and O–H groups in total. The Labute approximate surface area is 185 Å². The van der Waals surface area contributed by atoms with Crippen molar-refractivity contribution in [3.05, 3.63) is 65.2 Å². The Morgan fingerprint density at radius 2 is 1.69 bits per heavy atom. The number of anilines is 1. The molecule has 1 saturated heterocycles. The average molecular weight is 445 g/mol. The van der Waals surface area contributed by atoms with E-state index < -0.39 is 11.7 Å². The van der Waals surface area contributed by atoms with Gasteiger partial charge in [-0.15, -0.1) is 0 Å². The van der Waals surface area contributed by atoms with E-state index in [4.69, 9.17) is 0 Å². The van der Waals surface area contributed by atoms with Crippen LogP contribution in [0.1, 0.15) is 36.1 Å². The van der Waals surface area contributed by atoms with Crippen LogP contribution in [0.3, 0.4) is 0 Å². The maximum absolute atomic E-state index is 13.1. The maximum Gasteiger partial charge on any atom is 0.416 e. The van der Waals surface area contributed by atoms with E-state index in [0.717, 1.165) is 29.7 Å². The summed E-state index contributed by atoms with van der Waals surface area (Å²) in [6, 6.07) is 12.9. The monoisotopic (exact) mass is 445 g/mol. The summed E-state index contributed by atoms with van der Waals surface area (Å²) in [4.78, 5) is 30.7. The van der Waals surface area contributed by atoms with Crippen LogP contribution >= 0.6 is 0 Å². The third-order valence-corrected chi connectivity index (χ3v) is 6.36. The zero-order valence-electron chi connectivity index (χ0n) is 17.9. The molecule has 32 heavy (non-hydrogen) atoms. The minimum Gasteiger partial charge on any atom is -0.368 e. The molecule has 170 valence electrons. The first-order valence-electron chi connectivity index (χ1n) is 10.8. The van der Waals surface area contributed by atoms with Crippen LogP contribution in [0.2, 0.25) is 0 Å². The molecule has 2 amide bonds. The number of amides is 2. The van der Waals surface area contributed by atoms with E-state index >= 15 is 0 Å². The first-order chi connectivity index (χ1) is 15.2. The van der Waals surface area contributed by atoms with Crippen LogP contribution in [-0.4, -0.2) is 54.3 Å². The molecule has 0 saturated carbocycles. The van der Waals surface area contributed by atoms with Gasteiger partial charge in [0.2, 0.25) is 11.8 Å². The highest BCUT2D eigenvalue weighted by Crippen LogP contribution is 2.34. The van der Waals surface area contributed by atoms with Gasteiger partial charge in [0, 0.05) is 45.3 Å². The van der Waals surface area contributed by atoms with Crippen molar-refractivity contribution in [1.82, 2.24) is 9.80 Å². The zero-order valence-corrected chi connectivity index (χ0v) is 17.9. The minimum atomic E-state index is -4.38. The fraction of sp³-hybridized carbons (Fsp3) is 0.417. The standard InChI is InChI=1S/C24H26F3N3O2/c1-17(31)30-10-9-18-5-2-3-8-21(18)22(30)16-23(32)29-13-11-28(12-14-29)20-7-4-6-19(15-20)24(25,26)27/h2-8,15,22H,9-14,16H2,1H3. The van der Waals surface area contributed by atoms with Gasteiger partial charge < -0.3 is 14.7 Å². The Hall–Kier alpha value is -3.03. The highest BCUT2D eigenvalue weighted by atomic mass is 19.4. The summed E-state index contributed by atoms with van der Waals surface area (Å²) >= 11 is 0. The SMILES string of the molecule is CC(=O)N1CCc2ccccc2C1CC(=O)N1CCN(c2cccc(C(F)(F)F)c2)CC1. The summed E-state index contributed by atoms with van der Waals surface area (Å²) in [5.74, 6) is -0.0895. The van der Waals surface area contributed by atoms with Crippen molar-refractivity contribution in [1.29, 1.82) is 0 Å². The number of rotatable bonds is 3. The largest absolute Gasteiger partial charge is 0.416 e. The number of carbonyl (C=O) groups is 2. The van der Waals surface area contributed by atoms with Crippen molar-refractivity contribution in [2.45, 2.75) is 32.0 Å². The number of fused-ring (bicyclic) bond motifs is 1. The molecule has 2 heterocycles. The third-order valence-electron chi connectivity index (χ3n) is 6.36. The molecule has 5 nitrogen and oxygen atoms in total. The number of hydrogen-bond acceptors (Lipinski definition) is 3. The maximum atomic E-state index is 13.1. The summed E-state index contributed by atoms with van der Waals surface area (Å²) in [7, 11) is 0. The van der Waals surface area contributed by atoms with Gasteiger partial charge in [-0.05, 0) is 35.7 Å². The van der Waals surface area contributed by atoms with E-state index in [1.54, 1.807) is 15.9 Å². The molecule has 0 bridgehead atoms. The van der Waals surface area contributed by atoms with Crippen LogP contribution in [0.4, 0.5) is 18.9 Å². The second kappa shape index (κ2) is 8.84. The number of benzene rings is 2. The van der Waals surface area contributed by atoms with Crippen molar-refractivity contribution in [3.8, 4) is 0 Å². The molecule has 2 aromatic carbocycles. The van der Waals surface area contributed by atoms with Crippen molar-refractivity contribution < 1.29 is 22.8 Å². The molecular weight excluding hydrogens is 419 g/mol. The first-order valence-corrected chi connectivity index (χ1v) is 10.8. The van der Waals surface area contributed by atoms with Gasteiger partial charge >= 0.3 is 6.18 Å². The van der Waals surface area contributed by atoms with Crippen LogP contribution < -0.4 is 4.90 Å². The number of carbonyl (C=O) groups excluding carboxylic acids is 2. The summed E-state index contributed by atoms with van der Waals surface area (Å²) in [5, 5.41) is 0. The molecule has 0 spiro atoms. The second-order valence-electron chi connectivity index (χ2n) is 8.30. The fourth-order valence-corrected chi connectivity index (χ4v) is 4.64. The Balaban J connectivity index is 1.42. The van der Waals surface area contributed by atoms with Crippen molar-refractivity contribution in [2.75, 3.05) is 37.6 Å². The van der Waals surface area contributed by atoms with Crippen molar-refractivity contribution in [3.63, 3.8) is 0 Å². The van der Waals surface area contributed by atoms with Crippen LogP contribution in [0.15, 0.2) is 48.5 Å². The quantitative estimate of drug-likeness (QED) is 0.720. The molecule has 2 aliphatic heterocycles. The first kappa shape index (κ1) is 22.2. The minimum absolute atomic E-state index is 0.0401. The lowest BCUT2D eigenvalue weighted by atomic mass is 9.90. The molecule has 4 rings (SSSR count). The lowest BCUT2D eigenvalue weighted by Crippen LogP contribution is -2.50. The molecule has 1 atom stereocenters. The Morgan fingerprint density at radius 3 is 2.38 bits per heavy atom. The fourth-order valence-electron chi connectivity index (χ4n) is 4.64. The molecule has 0 radical (unpaired) electrons. The lowest BCUT2D eigenvalue weighted by molar-refractivity contribution is -0.138. The van der Waals surface area contributed by atoms with E-state index in [9.17, 15) is 22.8 Å². The topological polar surface area (TPSA) is 43.9 Å². The van der Waals surface area contributed by atoms with Crippen LogP contribution in [0, 0.1) is 0 Å². The predicted octanol–water partition coefficient (Wildman–Crippen LogP) is 3.89. The molecule has 0 aliphatic carbocycles. The highest BCUT2D eigenvalue weighted by Gasteiger charge is 2.34. The Bertz CT molecular complexity index is 1000. The molecule has 0 aromatic heterocycles. The molecule has 2 aliphatic rings. The van der Waals surface area contributed by atoms with Crippen molar-refractivity contribution in [2.24, 2.45) is 0 Å². The predicted molar refractivity (Wildman–Crippen MR) is 115 cm³/mol. The molecule has 1 unspecified atom stereocenters. The van der Waals surface area contributed by atoms with Gasteiger partial charge in [0.25, 0.3) is 0 Å². The van der Waals surface area contributed by atoms with E-state index in [2.05, 4.69) is 0 Å². The number of alkyl halides is 3. The summed E-state index contributed by atoms with van der Waals surface area (Å²) < 4.78 is 39.1. The summed E-state index contributed by atoms with van der Waals surface area (Å²) in [5.41, 5.74) is 2.02. The summed E-state index contributed by atoms with van der Waals surface area (Å²) in [6.45, 7) is 3.91. The number of hydrogen-bond donors (Lipinski definition) is 0. The average Bonchev–Trinajstić information content (AvgIpc) is 2.78. The number of halogens is 3. The van der Waals surface area contributed by atoms with E-state index in [-0.39, 0.29) is 24.3 Å². The zero-order chi connectivity index (χ0) is 22.9. The van der Waals surface area contributed by atoms with Gasteiger partial charge in [0.1, 0.15) is 0 Å². The summed E-state index contributed by atoms with van der Waals surface area (Å²) in [6.07, 6.45) is -3.40. The van der Waals surface area contributed by atoms with E-state index in [0.29, 0.717) is 38.4 Å². The van der Waals surface area contributed by atoms with E-state index in [1.807, 2.05) is 29.2 Å². The Kier molecular flexibility index (Phi) is 6.13. The smallest absolute Gasteiger partial charge is 0.368 e. The second-order valence-corrected chi connectivity index (χ2v) is 8.30. The molecule has 2 aromatic rings. The Morgan fingerprint density at radius 1 is 0.969 bits per heavy atom. The van der Waals surface area contributed by atoms with Crippen LogP contribution in [0.5, 0.6) is 0 Å². The van der Waals surface area contributed by atoms with Crippen LogP contribution in [-0.2, 0) is 22.2 Å². The molecular formula is C24H26F3N3O2. The van der Waals surface area contributed by atoms with Gasteiger partial charge in [-0.3, -0.25) is 9.59 Å². The molecule has 1 fully saturated rings. The van der Waals surface area contributed by atoms with Gasteiger partial charge in [-0.2, -0.15) is 13.2 Å². The lowest BCUT2D eigenvalue weighted by Gasteiger charge is -2.40. The number of nitrogens with zero attached hydrogens (tertiary/aromatic N) is 3. The van der Waals surface area contributed by atoms with Crippen molar-refractivity contribution >= 4 is 17.5 Å². The third kappa shape index (κ3) is 4.59. The van der Waals surface area contributed by atoms with Gasteiger partial charge in [-0.1, -0.05) is 30.3 Å². The molecule has 8 heteroatoms. The van der Waals surface area contributed by atoms with Gasteiger partial charge in [0.15, 0.2) is 0 Å². The van der Waals surface area contributed by atoms with Gasteiger partial charge in [-0.25, -0.2) is 0 Å². The highest BCUT2D eigenvalue weighted by molar-refractivity contribution is 5.80.